The van der Waals surface area contributed by atoms with Gasteiger partial charge in [-0.25, -0.2) is 0 Å². The third kappa shape index (κ3) is 3.61. The number of benzene rings is 1. The summed E-state index contributed by atoms with van der Waals surface area (Å²) >= 11 is 0. The van der Waals surface area contributed by atoms with Crippen molar-refractivity contribution in [1.82, 2.24) is 4.90 Å². The lowest BCUT2D eigenvalue weighted by Crippen LogP contribution is -2.42. The molecule has 1 amide bonds. The van der Waals surface area contributed by atoms with Gasteiger partial charge in [0, 0.05) is 6.54 Å². The zero-order valence-electron chi connectivity index (χ0n) is 13.9. The van der Waals surface area contributed by atoms with E-state index in [-0.39, 0.29) is 24.7 Å². The van der Waals surface area contributed by atoms with Crippen molar-refractivity contribution in [3.05, 3.63) is 23.8 Å². The van der Waals surface area contributed by atoms with Crippen molar-refractivity contribution in [3.8, 4) is 11.5 Å². The van der Waals surface area contributed by atoms with Crippen LogP contribution >= 0.6 is 0 Å². The minimum atomic E-state index is -0.107. The summed E-state index contributed by atoms with van der Waals surface area (Å²) in [6.45, 7) is 3.43. The van der Waals surface area contributed by atoms with Crippen LogP contribution in [0.25, 0.3) is 0 Å². The quantitative estimate of drug-likeness (QED) is 0.837. The Bertz CT molecular complexity index is 554. The van der Waals surface area contributed by atoms with Crippen molar-refractivity contribution in [2.75, 3.05) is 26.8 Å². The van der Waals surface area contributed by atoms with Crippen LogP contribution in [-0.2, 0) is 9.53 Å². The number of carbonyl (C=O) groups excluding carboxylic acids is 1. The number of amides is 1. The molecule has 0 spiro atoms. The van der Waals surface area contributed by atoms with Gasteiger partial charge in [0.1, 0.15) is 12.7 Å². The molecular formula is C18H25NO4. The van der Waals surface area contributed by atoms with Gasteiger partial charge in [0.15, 0.2) is 11.5 Å². The molecule has 1 unspecified atom stereocenters. The number of nitrogens with zero attached hydrogens (tertiary/aromatic N) is 1. The SMILES string of the molecule is CCN1CC(c2ccc(OC)c(OC3CCCC3)c2)OCC1=O. The Balaban J connectivity index is 1.78. The molecule has 3 rings (SSSR count). The third-order valence-electron chi connectivity index (χ3n) is 4.68. The second kappa shape index (κ2) is 7.21. The summed E-state index contributed by atoms with van der Waals surface area (Å²) in [4.78, 5) is 13.6. The van der Waals surface area contributed by atoms with Crippen LogP contribution in [0.2, 0.25) is 0 Å². The normalized spacial score (nSPS) is 22.4. The Labute approximate surface area is 137 Å². The van der Waals surface area contributed by atoms with Crippen molar-refractivity contribution in [1.29, 1.82) is 0 Å². The number of morpholine rings is 1. The van der Waals surface area contributed by atoms with Gasteiger partial charge in [0.2, 0.25) is 5.91 Å². The highest BCUT2D eigenvalue weighted by Crippen LogP contribution is 2.35. The van der Waals surface area contributed by atoms with Crippen molar-refractivity contribution in [2.45, 2.75) is 44.8 Å². The number of methoxy groups -OCH3 is 1. The minimum absolute atomic E-state index is 0.0553. The highest BCUT2D eigenvalue weighted by atomic mass is 16.5. The summed E-state index contributed by atoms with van der Waals surface area (Å²) in [7, 11) is 1.66. The molecule has 0 aromatic heterocycles. The Morgan fingerprint density at radius 3 is 2.74 bits per heavy atom. The first-order valence-electron chi connectivity index (χ1n) is 8.45. The summed E-state index contributed by atoms with van der Waals surface area (Å²) in [5.74, 6) is 1.58. The molecule has 23 heavy (non-hydrogen) atoms. The molecule has 1 aromatic rings. The van der Waals surface area contributed by atoms with E-state index in [2.05, 4.69) is 0 Å². The highest BCUT2D eigenvalue weighted by molar-refractivity contribution is 5.78. The van der Waals surface area contributed by atoms with Gasteiger partial charge in [-0.05, 0) is 50.3 Å². The van der Waals surface area contributed by atoms with Crippen molar-refractivity contribution in [2.24, 2.45) is 0 Å². The van der Waals surface area contributed by atoms with Gasteiger partial charge >= 0.3 is 0 Å². The maximum Gasteiger partial charge on any atom is 0.248 e. The number of carbonyl (C=O) groups is 1. The maximum absolute atomic E-state index is 11.8. The maximum atomic E-state index is 11.8. The van der Waals surface area contributed by atoms with E-state index in [0.29, 0.717) is 13.1 Å². The van der Waals surface area contributed by atoms with Crippen molar-refractivity contribution >= 4 is 5.91 Å². The third-order valence-corrected chi connectivity index (χ3v) is 4.68. The first-order valence-corrected chi connectivity index (χ1v) is 8.45. The second-order valence-corrected chi connectivity index (χ2v) is 6.17. The van der Waals surface area contributed by atoms with E-state index in [0.717, 1.165) is 29.9 Å². The molecule has 1 saturated heterocycles. The molecule has 1 aliphatic heterocycles. The number of likely N-dealkylation sites (N-methyl/N-ethyl adjacent to an activating group) is 1. The van der Waals surface area contributed by atoms with Crippen molar-refractivity contribution < 1.29 is 19.0 Å². The van der Waals surface area contributed by atoms with E-state index < -0.39 is 0 Å². The molecule has 1 atom stereocenters. The first-order chi connectivity index (χ1) is 11.2. The summed E-state index contributed by atoms with van der Waals surface area (Å²) in [6, 6.07) is 5.93. The molecule has 126 valence electrons. The molecule has 5 heteroatoms. The largest absolute Gasteiger partial charge is 0.493 e. The molecule has 1 aliphatic carbocycles. The monoisotopic (exact) mass is 319 g/mol. The van der Waals surface area contributed by atoms with Crippen LogP contribution in [0.15, 0.2) is 18.2 Å². The molecule has 0 bridgehead atoms. The van der Waals surface area contributed by atoms with E-state index in [1.54, 1.807) is 7.11 Å². The van der Waals surface area contributed by atoms with Crippen LogP contribution in [0.5, 0.6) is 11.5 Å². The predicted molar refractivity (Wildman–Crippen MR) is 86.8 cm³/mol. The van der Waals surface area contributed by atoms with Gasteiger partial charge in [-0.3, -0.25) is 4.79 Å². The summed E-state index contributed by atoms with van der Waals surface area (Å²) in [5, 5.41) is 0. The number of hydrogen-bond donors (Lipinski definition) is 0. The van der Waals surface area contributed by atoms with Crippen molar-refractivity contribution in [3.63, 3.8) is 0 Å². The number of ether oxygens (including phenoxy) is 3. The van der Waals surface area contributed by atoms with Crippen LogP contribution in [0.3, 0.4) is 0 Å². The predicted octanol–water partition coefficient (Wildman–Crippen LogP) is 2.94. The van der Waals surface area contributed by atoms with Gasteiger partial charge in [-0.2, -0.15) is 0 Å². The molecule has 1 saturated carbocycles. The number of rotatable bonds is 5. The lowest BCUT2D eigenvalue weighted by molar-refractivity contribution is -0.148. The first kappa shape index (κ1) is 16.1. The van der Waals surface area contributed by atoms with Gasteiger partial charge in [0.25, 0.3) is 0 Å². The van der Waals surface area contributed by atoms with Gasteiger partial charge < -0.3 is 19.1 Å². The van der Waals surface area contributed by atoms with E-state index >= 15 is 0 Å². The fraction of sp³-hybridized carbons (Fsp3) is 0.611. The van der Waals surface area contributed by atoms with Crippen LogP contribution < -0.4 is 9.47 Å². The molecule has 0 N–H and O–H groups in total. The average Bonchev–Trinajstić information content (AvgIpc) is 3.08. The van der Waals surface area contributed by atoms with E-state index in [9.17, 15) is 4.79 Å². The van der Waals surface area contributed by atoms with E-state index in [4.69, 9.17) is 14.2 Å². The highest BCUT2D eigenvalue weighted by Gasteiger charge is 2.27. The minimum Gasteiger partial charge on any atom is -0.493 e. The Kier molecular flexibility index (Phi) is 5.06. The summed E-state index contributed by atoms with van der Waals surface area (Å²) in [6.07, 6.45) is 4.83. The lowest BCUT2D eigenvalue weighted by Gasteiger charge is -2.32. The Hall–Kier alpha value is -1.75. The molecule has 1 heterocycles. The number of hydrogen-bond acceptors (Lipinski definition) is 4. The average molecular weight is 319 g/mol. The summed E-state index contributed by atoms with van der Waals surface area (Å²) < 4.78 is 17.3. The van der Waals surface area contributed by atoms with E-state index in [1.165, 1.54) is 12.8 Å². The molecular weight excluding hydrogens is 294 g/mol. The zero-order valence-corrected chi connectivity index (χ0v) is 13.9. The smallest absolute Gasteiger partial charge is 0.248 e. The van der Waals surface area contributed by atoms with Crippen LogP contribution in [-0.4, -0.2) is 43.7 Å². The van der Waals surface area contributed by atoms with E-state index in [1.807, 2.05) is 30.0 Å². The molecule has 1 aromatic carbocycles. The molecule has 5 nitrogen and oxygen atoms in total. The zero-order chi connectivity index (χ0) is 16.2. The summed E-state index contributed by atoms with van der Waals surface area (Å²) in [5.41, 5.74) is 1.03. The van der Waals surface area contributed by atoms with Crippen LogP contribution in [0, 0.1) is 0 Å². The Morgan fingerprint density at radius 1 is 1.26 bits per heavy atom. The second-order valence-electron chi connectivity index (χ2n) is 6.17. The lowest BCUT2D eigenvalue weighted by atomic mass is 10.1. The van der Waals surface area contributed by atoms with Gasteiger partial charge in [-0.1, -0.05) is 6.07 Å². The fourth-order valence-electron chi connectivity index (χ4n) is 3.30. The van der Waals surface area contributed by atoms with Gasteiger partial charge in [-0.15, -0.1) is 0 Å². The molecule has 2 fully saturated rings. The van der Waals surface area contributed by atoms with Gasteiger partial charge in [0.05, 0.1) is 19.8 Å². The standard InChI is InChI=1S/C18H25NO4/c1-3-19-11-17(22-12-18(19)20)13-8-9-15(21-2)16(10-13)23-14-6-4-5-7-14/h8-10,14,17H,3-7,11-12H2,1-2H3. The van der Waals surface area contributed by atoms with Crippen LogP contribution in [0.1, 0.15) is 44.3 Å². The van der Waals surface area contributed by atoms with Crippen LogP contribution in [0.4, 0.5) is 0 Å². The molecule has 0 radical (unpaired) electrons. The molecule has 2 aliphatic rings. The Morgan fingerprint density at radius 2 is 2.04 bits per heavy atom. The fourth-order valence-corrected chi connectivity index (χ4v) is 3.30. The topological polar surface area (TPSA) is 48.0 Å².